The van der Waals surface area contributed by atoms with Crippen molar-refractivity contribution in [3.8, 4) is 11.3 Å². The van der Waals surface area contributed by atoms with Crippen molar-refractivity contribution in [1.29, 1.82) is 0 Å². The lowest BCUT2D eigenvalue weighted by molar-refractivity contribution is 0.102. The standard InChI is InChI=1S/C26H23FN2O/c1-17(2)15-18-7-9-19(10-8-18)25-16-23(22-5-3-4-6-24(22)29-25)26(30)28-21-13-11-20(27)12-14-21/h3-14,16-17H,15H2,1-2H3,(H,28,30). The van der Waals surface area contributed by atoms with E-state index in [0.29, 0.717) is 17.2 Å². The largest absolute Gasteiger partial charge is 0.322 e. The molecule has 3 nitrogen and oxygen atoms in total. The van der Waals surface area contributed by atoms with Crippen LogP contribution in [0.4, 0.5) is 10.1 Å². The molecule has 1 amide bonds. The molecule has 0 unspecified atom stereocenters. The summed E-state index contributed by atoms with van der Waals surface area (Å²) in [6, 6.07) is 23.5. The molecule has 0 aliphatic carbocycles. The van der Waals surface area contributed by atoms with Gasteiger partial charge in [-0.2, -0.15) is 0 Å². The number of anilines is 1. The lowest BCUT2D eigenvalue weighted by Gasteiger charge is -2.11. The third-order valence-electron chi connectivity index (χ3n) is 4.96. The number of carbonyl (C=O) groups excluding carboxylic acids is 1. The summed E-state index contributed by atoms with van der Waals surface area (Å²) in [5.74, 6) is -0.000139. The average Bonchev–Trinajstić information content (AvgIpc) is 2.74. The van der Waals surface area contributed by atoms with E-state index in [4.69, 9.17) is 4.98 Å². The third-order valence-corrected chi connectivity index (χ3v) is 4.96. The van der Waals surface area contributed by atoms with E-state index >= 15 is 0 Å². The minimum absolute atomic E-state index is 0.252. The first-order chi connectivity index (χ1) is 14.5. The van der Waals surface area contributed by atoms with Crippen LogP contribution in [0, 0.1) is 11.7 Å². The van der Waals surface area contributed by atoms with Gasteiger partial charge in [-0.05, 0) is 54.3 Å². The molecule has 0 radical (unpaired) electrons. The minimum Gasteiger partial charge on any atom is -0.322 e. The van der Waals surface area contributed by atoms with Gasteiger partial charge in [0, 0.05) is 16.6 Å². The molecule has 30 heavy (non-hydrogen) atoms. The SMILES string of the molecule is CC(C)Cc1ccc(-c2cc(C(=O)Nc3ccc(F)cc3)c3ccccc3n2)cc1. The van der Waals surface area contributed by atoms with Gasteiger partial charge in [0.05, 0.1) is 16.8 Å². The molecule has 4 heteroatoms. The molecule has 1 heterocycles. The number of pyridine rings is 1. The number of hydrogen-bond acceptors (Lipinski definition) is 2. The second kappa shape index (κ2) is 8.46. The lowest BCUT2D eigenvalue weighted by atomic mass is 9.99. The third kappa shape index (κ3) is 4.38. The summed E-state index contributed by atoms with van der Waals surface area (Å²) in [6.07, 6.45) is 1.02. The molecule has 0 saturated carbocycles. The molecule has 4 rings (SSSR count). The molecule has 4 aromatic rings. The summed E-state index contributed by atoms with van der Waals surface area (Å²) in [6.45, 7) is 4.40. The summed E-state index contributed by atoms with van der Waals surface area (Å²) in [5.41, 5.74) is 4.82. The smallest absolute Gasteiger partial charge is 0.256 e. The molecule has 0 aliphatic rings. The number of aromatic nitrogens is 1. The Bertz CT molecular complexity index is 1180. The highest BCUT2D eigenvalue weighted by Gasteiger charge is 2.14. The maximum absolute atomic E-state index is 13.2. The van der Waals surface area contributed by atoms with Crippen LogP contribution in [-0.2, 0) is 6.42 Å². The normalized spacial score (nSPS) is 11.1. The Morgan fingerprint density at radius 2 is 1.67 bits per heavy atom. The molecule has 150 valence electrons. The molecule has 0 bridgehead atoms. The van der Waals surface area contributed by atoms with E-state index in [1.807, 2.05) is 30.3 Å². The molecule has 0 aliphatic heterocycles. The van der Waals surface area contributed by atoms with Crippen molar-refractivity contribution >= 4 is 22.5 Å². The van der Waals surface area contributed by atoms with Crippen LogP contribution in [0.2, 0.25) is 0 Å². The molecule has 0 spiro atoms. The number of halogens is 1. The maximum Gasteiger partial charge on any atom is 0.256 e. The Morgan fingerprint density at radius 1 is 0.967 bits per heavy atom. The van der Waals surface area contributed by atoms with E-state index < -0.39 is 0 Å². The van der Waals surface area contributed by atoms with Crippen molar-refractivity contribution in [2.45, 2.75) is 20.3 Å². The van der Waals surface area contributed by atoms with Gasteiger partial charge in [0.2, 0.25) is 0 Å². The van der Waals surface area contributed by atoms with Gasteiger partial charge in [-0.15, -0.1) is 0 Å². The Kier molecular flexibility index (Phi) is 5.57. The van der Waals surface area contributed by atoms with Crippen molar-refractivity contribution in [2.75, 3.05) is 5.32 Å². The van der Waals surface area contributed by atoms with Crippen LogP contribution in [0.15, 0.2) is 78.9 Å². The fraction of sp³-hybridized carbons (Fsp3) is 0.154. The first-order valence-corrected chi connectivity index (χ1v) is 10.1. The van der Waals surface area contributed by atoms with Gasteiger partial charge in [0.25, 0.3) is 5.91 Å². The Balaban J connectivity index is 1.72. The minimum atomic E-state index is -0.342. The van der Waals surface area contributed by atoms with Gasteiger partial charge in [-0.25, -0.2) is 9.37 Å². The topological polar surface area (TPSA) is 42.0 Å². The Labute approximate surface area is 175 Å². The molecule has 0 fully saturated rings. The summed E-state index contributed by atoms with van der Waals surface area (Å²) in [5, 5.41) is 3.63. The quantitative estimate of drug-likeness (QED) is 0.417. The number of nitrogens with zero attached hydrogens (tertiary/aromatic N) is 1. The van der Waals surface area contributed by atoms with Crippen molar-refractivity contribution < 1.29 is 9.18 Å². The Morgan fingerprint density at radius 3 is 2.37 bits per heavy atom. The van der Waals surface area contributed by atoms with Gasteiger partial charge in [-0.3, -0.25) is 4.79 Å². The highest BCUT2D eigenvalue weighted by atomic mass is 19.1. The predicted octanol–water partition coefficient (Wildman–Crippen LogP) is 6.49. The number of hydrogen-bond donors (Lipinski definition) is 1. The van der Waals surface area contributed by atoms with Crippen LogP contribution in [0.3, 0.4) is 0 Å². The number of fused-ring (bicyclic) bond motifs is 1. The number of benzene rings is 3. The van der Waals surface area contributed by atoms with Crippen LogP contribution in [0.5, 0.6) is 0 Å². The van der Waals surface area contributed by atoms with Crippen LogP contribution in [0.25, 0.3) is 22.2 Å². The molecular formula is C26H23FN2O. The zero-order valence-electron chi connectivity index (χ0n) is 17.0. The van der Waals surface area contributed by atoms with Crippen LogP contribution < -0.4 is 5.32 Å². The summed E-state index contributed by atoms with van der Waals surface area (Å²) < 4.78 is 13.2. The van der Waals surface area contributed by atoms with E-state index in [1.165, 1.54) is 17.7 Å². The average molecular weight is 398 g/mol. The maximum atomic E-state index is 13.2. The zero-order chi connectivity index (χ0) is 21.1. The van der Waals surface area contributed by atoms with Crippen molar-refractivity contribution in [1.82, 2.24) is 4.98 Å². The van der Waals surface area contributed by atoms with E-state index in [0.717, 1.165) is 28.6 Å². The first-order valence-electron chi connectivity index (χ1n) is 10.1. The van der Waals surface area contributed by atoms with Crippen LogP contribution in [0.1, 0.15) is 29.8 Å². The highest BCUT2D eigenvalue weighted by Crippen LogP contribution is 2.26. The zero-order valence-corrected chi connectivity index (χ0v) is 17.0. The van der Waals surface area contributed by atoms with E-state index in [1.54, 1.807) is 12.1 Å². The number of para-hydroxylation sites is 1. The van der Waals surface area contributed by atoms with Crippen LogP contribution >= 0.6 is 0 Å². The Hall–Kier alpha value is -3.53. The summed E-state index contributed by atoms with van der Waals surface area (Å²) in [7, 11) is 0. The van der Waals surface area contributed by atoms with Crippen LogP contribution in [-0.4, -0.2) is 10.9 Å². The highest BCUT2D eigenvalue weighted by molar-refractivity contribution is 6.13. The van der Waals surface area contributed by atoms with E-state index in [9.17, 15) is 9.18 Å². The molecule has 3 aromatic carbocycles. The second-order valence-electron chi connectivity index (χ2n) is 7.83. The molecular weight excluding hydrogens is 375 g/mol. The molecule has 0 atom stereocenters. The van der Waals surface area contributed by atoms with E-state index in [-0.39, 0.29) is 11.7 Å². The van der Waals surface area contributed by atoms with Crippen molar-refractivity contribution in [2.24, 2.45) is 5.92 Å². The number of nitrogens with one attached hydrogen (secondary N) is 1. The molecule has 0 saturated heterocycles. The first kappa shape index (κ1) is 19.8. The van der Waals surface area contributed by atoms with Crippen molar-refractivity contribution in [3.63, 3.8) is 0 Å². The number of rotatable bonds is 5. The molecule has 1 aromatic heterocycles. The van der Waals surface area contributed by atoms with Gasteiger partial charge in [-0.1, -0.05) is 56.3 Å². The fourth-order valence-electron chi connectivity index (χ4n) is 3.53. The van der Waals surface area contributed by atoms with Gasteiger partial charge >= 0.3 is 0 Å². The number of carbonyl (C=O) groups is 1. The second-order valence-corrected chi connectivity index (χ2v) is 7.83. The molecule has 1 N–H and O–H groups in total. The monoisotopic (exact) mass is 398 g/mol. The fourth-order valence-corrected chi connectivity index (χ4v) is 3.53. The van der Waals surface area contributed by atoms with Gasteiger partial charge in [0.1, 0.15) is 5.82 Å². The predicted molar refractivity (Wildman–Crippen MR) is 120 cm³/mol. The lowest BCUT2D eigenvalue weighted by Crippen LogP contribution is -2.13. The number of amides is 1. The van der Waals surface area contributed by atoms with Crippen molar-refractivity contribution in [3.05, 3.63) is 95.8 Å². The van der Waals surface area contributed by atoms with E-state index in [2.05, 4.69) is 43.4 Å². The summed E-state index contributed by atoms with van der Waals surface area (Å²) >= 11 is 0. The van der Waals surface area contributed by atoms with Gasteiger partial charge in [0.15, 0.2) is 0 Å². The van der Waals surface area contributed by atoms with Gasteiger partial charge < -0.3 is 5.32 Å². The summed E-state index contributed by atoms with van der Waals surface area (Å²) in [4.78, 5) is 17.8.